The molecular weight excluding hydrogens is 232 g/mol. The number of piperidine rings is 1. The molecule has 1 aliphatic carbocycles. The first-order valence-electron chi connectivity index (χ1n) is 7.94. The quantitative estimate of drug-likeness (QED) is 0.894. The summed E-state index contributed by atoms with van der Waals surface area (Å²) in [5.41, 5.74) is 3.06. The summed E-state index contributed by atoms with van der Waals surface area (Å²) in [5.74, 6) is 1.78. The molecule has 2 heterocycles. The number of nitrogens with zero attached hydrogens (tertiary/aromatic N) is 1. The fourth-order valence-electron chi connectivity index (χ4n) is 3.91. The van der Waals surface area contributed by atoms with Crippen LogP contribution in [0.3, 0.4) is 0 Å². The zero-order valence-corrected chi connectivity index (χ0v) is 11.6. The standard InChI is InChI=1S/C17H24N2/c1-2-16-10-18-11-17(16)19(9-1)12-13-3-5-14(6-4-13)15-7-8-15/h3-6,15-18H,1-2,7-12H2. The smallest absolute Gasteiger partial charge is 0.0264 e. The number of likely N-dealkylation sites (tertiary alicyclic amines) is 1. The SMILES string of the molecule is c1cc(C2CC2)ccc1CN1CCCC2CNCC21. The van der Waals surface area contributed by atoms with Crippen LogP contribution < -0.4 is 5.32 Å². The minimum absolute atomic E-state index is 0.789. The van der Waals surface area contributed by atoms with E-state index in [-0.39, 0.29) is 0 Å². The lowest BCUT2D eigenvalue weighted by Gasteiger charge is -2.37. The molecule has 0 spiro atoms. The molecule has 2 heteroatoms. The molecule has 4 rings (SSSR count). The molecule has 1 saturated carbocycles. The molecule has 3 fully saturated rings. The highest BCUT2D eigenvalue weighted by molar-refractivity contribution is 5.28. The van der Waals surface area contributed by atoms with Gasteiger partial charge in [-0.05, 0) is 61.7 Å². The van der Waals surface area contributed by atoms with E-state index in [0.717, 1.165) is 24.4 Å². The Kier molecular flexibility index (Phi) is 3.08. The summed E-state index contributed by atoms with van der Waals surface area (Å²) in [6.07, 6.45) is 5.61. The molecule has 1 N–H and O–H groups in total. The van der Waals surface area contributed by atoms with Crippen LogP contribution in [-0.4, -0.2) is 30.6 Å². The monoisotopic (exact) mass is 256 g/mol. The van der Waals surface area contributed by atoms with Crippen LogP contribution in [0, 0.1) is 5.92 Å². The normalized spacial score (nSPS) is 31.4. The van der Waals surface area contributed by atoms with E-state index in [9.17, 15) is 0 Å². The average molecular weight is 256 g/mol. The summed E-state index contributed by atoms with van der Waals surface area (Å²) in [5, 5.41) is 3.57. The van der Waals surface area contributed by atoms with E-state index in [1.54, 1.807) is 5.56 Å². The van der Waals surface area contributed by atoms with Crippen molar-refractivity contribution in [3.63, 3.8) is 0 Å². The Balaban J connectivity index is 1.44. The van der Waals surface area contributed by atoms with Crippen molar-refractivity contribution < 1.29 is 0 Å². The molecule has 0 aromatic heterocycles. The summed E-state index contributed by atoms with van der Waals surface area (Å²) in [4.78, 5) is 2.71. The topological polar surface area (TPSA) is 15.3 Å². The molecule has 0 radical (unpaired) electrons. The number of rotatable bonds is 3. The van der Waals surface area contributed by atoms with Crippen LogP contribution >= 0.6 is 0 Å². The van der Waals surface area contributed by atoms with Crippen LogP contribution in [0.25, 0.3) is 0 Å². The molecule has 0 bridgehead atoms. The van der Waals surface area contributed by atoms with E-state index in [1.807, 2.05) is 0 Å². The average Bonchev–Trinajstić information content (AvgIpc) is 3.17. The second kappa shape index (κ2) is 4.92. The lowest BCUT2D eigenvalue weighted by atomic mass is 9.91. The molecule has 1 aromatic carbocycles. The molecule has 2 aliphatic heterocycles. The van der Waals surface area contributed by atoms with E-state index < -0.39 is 0 Å². The largest absolute Gasteiger partial charge is 0.315 e. The third-order valence-electron chi connectivity index (χ3n) is 5.21. The van der Waals surface area contributed by atoms with Crippen molar-refractivity contribution in [3.05, 3.63) is 35.4 Å². The first-order chi connectivity index (χ1) is 9.40. The van der Waals surface area contributed by atoms with Crippen LogP contribution in [0.5, 0.6) is 0 Å². The Labute approximate surface area is 116 Å². The molecule has 2 atom stereocenters. The fourth-order valence-corrected chi connectivity index (χ4v) is 3.91. The predicted molar refractivity (Wildman–Crippen MR) is 78.2 cm³/mol. The molecular formula is C17H24N2. The molecule has 2 unspecified atom stereocenters. The molecule has 0 amide bonds. The van der Waals surface area contributed by atoms with Crippen molar-refractivity contribution in [1.82, 2.24) is 10.2 Å². The third-order valence-corrected chi connectivity index (χ3v) is 5.21. The first-order valence-corrected chi connectivity index (χ1v) is 7.94. The summed E-state index contributed by atoms with van der Waals surface area (Å²) in [7, 11) is 0. The van der Waals surface area contributed by atoms with E-state index in [4.69, 9.17) is 0 Å². The van der Waals surface area contributed by atoms with Gasteiger partial charge >= 0.3 is 0 Å². The highest BCUT2D eigenvalue weighted by Gasteiger charge is 2.34. The van der Waals surface area contributed by atoms with Crippen molar-refractivity contribution in [2.24, 2.45) is 5.92 Å². The molecule has 1 aromatic rings. The Morgan fingerprint density at radius 1 is 1.05 bits per heavy atom. The lowest BCUT2D eigenvalue weighted by Crippen LogP contribution is -2.44. The molecule has 2 nitrogen and oxygen atoms in total. The first kappa shape index (κ1) is 11.9. The zero-order valence-electron chi connectivity index (χ0n) is 11.6. The van der Waals surface area contributed by atoms with Crippen molar-refractivity contribution >= 4 is 0 Å². The van der Waals surface area contributed by atoms with Gasteiger partial charge in [-0.3, -0.25) is 4.90 Å². The van der Waals surface area contributed by atoms with Gasteiger partial charge in [0.05, 0.1) is 0 Å². The van der Waals surface area contributed by atoms with Gasteiger partial charge in [0, 0.05) is 19.1 Å². The molecule has 3 aliphatic rings. The van der Waals surface area contributed by atoms with Gasteiger partial charge in [-0.1, -0.05) is 24.3 Å². The van der Waals surface area contributed by atoms with Crippen molar-refractivity contribution in [3.8, 4) is 0 Å². The van der Waals surface area contributed by atoms with Crippen LogP contribution in [0.1, 0.15) is 42.7 Å². The number of benzene rings is 1. The lowest BCUT2D eigenvalue weighted by molar-refractivity contribution is 0.117. The van der Waals surface area contributed by atoms with E-state index in [1.165, 1.54) is 50.9 Å². The molecule has 2 saturated heterocycles. The van der Waals surface area contributed by atoms with E-state index >= 15 is 0 Å². The van der Waals surface area contributed by atoms with Gasteiger partial charge in [0.1, 0.15) is 0 Å². The van der Waals surface area contributed by atoms with Crippen LogP contribution in [0.4, 0.5) is 0 Å². The van der Waals surface area contributed by atoms with Gasteiger partial charge in [0.2, 0.25) is 0 Å². The van der Waals surface area contributed by atoms with Crippen molar-refractivity contribution in [1.29, 1.82) is 0 Å². The third kappa shape index (κ3) is 2.44. The maximum Gasteiger partial charge on any atom is 0.0264 e. The second-order valence-corrected chi connectivity index (χ2v) is 6.61. The van der Waals surface area contributed by atoms with Gasteiger partial charge in [-0.2, -0.15) is 0 Å². The number of nitrogens with one attached hydrogen (secondary N) is 1. The van der Waals surface area contributed by atoms with E-state index in [2.05, 4.69) is 34.5 Å². The van der Waals surface area contributed by atoms with E-state index in [0.29, 0.717) is 0 Å². The van der Waals surface area contributed by atoms with Crippen molar-refractivity contribution in [2.45, 2.75) is 44.2 Å². The number of hydrogen-bond donors (Lipinski definition) is 1. The minimum atomic E-state index is 0.789. The fraction of sp³-hybridized carbons (Fsp3) is 0.647. The van der Waals surface area contributed by atoms with Gasteiger partial charge in [0.15, 0.2) is 0 Å². The maximum atomic E-state index is 3.57. The molecule has 19 heavy (non-hydrogen) atoms. The van der Waals surface area contributed by atoms with Crippen molar-refractivity contribution in [2.75, 3.05) is 19.6 Å². The predicted octanol–water partition coefficient (Wildman–Crippen LogP) is 2.75. The highest BCUT2D eigenvalue weighted by atomic mass is 15.2. The van der Waals surface area contributed by atoms with Crippen LogP contribution in [0.15, 0.2) is 24.3 Å². The summed E-state index contributed by atoms with van der Waals surface area (Å²) in [6.45, 7) is 4.87. The molecule has 102 valence electrons. The van der Waals surface area contributed by atoms with Gasteiger partial charge in [0.25, 0.3) is 0 Å². The summed E-state index contributed by atoms with van der Waals surface area (Å²) in [6, 6.07) is 10.2. The zero-order chi connectivity index (χ0) is 12.7. The van der Waals surface area contributed by atoms with Gasteiger partial charge in [-0.15, -0.1) is 0 Å². The van der Waals surface area contributed by atoms with Gasteiger partial charge in [-0.25, -0.2) is 0 Å². The number of hydrogen-bond acceptors (Lipinski definition) is 2. The maximum absolute atomic E-state index is 3.57. The Morgan fingerprint density at radius 3 is 2.68 bits per heavy atom. The van der Waals surface area contributed by atoms with Crippen LogP contribution in [0.2, 0.25) is 0 Å². The summed E-state index contributed by atoms with van der Waals surface area (Å²) >= 11 is 0. The number of fused-ring (bicyclic) bond motifs is 1. The Hall–Kier alpha value is -0.860. The Morgan fingerprint density at radius 2 is 1.89 bits per heavy atom. The van der Waals surface area contributed by atoms with Crippen LogP contribution in [-0.2, 0) is 6.54 Å². The second-order valence-electron chi connectivity index (χ2n) is 6.61. The van der Waals surface area contributed by atoms with Gasteiger partial charge < -0.3 is 5.32 Å². The Bertz CT molecular complexity index is 435. The summed E-state index contributed by atoms with van der Waals surface area (Å²) < 4.78 is 0. The highest BCUT2D eigenvalue weighted by Crippen LogP contribution is 2.40. The minimum Gasteiger partial charge on any atom is -0.315 e.